The highest BCUT2D eigenvalue weighted by atomic mass is 32.1. The SMILES string of the molecule is Fc1ccc2cc(-c3cnc(CNC4CC4)o3)sc2c1. The summed E-state index contributed by atoms with van der Waals surface area (Å²) < 4.78 is 19.9. The van der Waals surface area contributed by atoms with Crippen molar-refractivity contribution in [3.8, 4) is 10.6 Å². The average Bonchev–Trinajstić information content (AvgIpc) is 2.99. The zero-order chi connectivity index (χ0) is 13.5. The van der Waals surface area contributed by atoms with Crippen molar-refractivity contribution in [3.05, 3.63) is 42.2 Å². The molecule has 1 aromatic carbocycles. The van der Waals surface area contributed by atoms with Crippen molar-refractivity contribution in [1.82, 2.24) is 10.3 Å². The van der Waals surface area contributed by atoms with Crippen LogP contribution in [0.2, 0.25) is 0 Å². The van der Waals surface area contributed by atoms with Crippen molar-refractivity contribution in [2.45, 2.75) is 25.4 Å². The number of oxazole rings is 1. The number of benzene rings is 1. The van der Waals surface area contributed by atoms with E-state index in [4.69, 9.17) is 4.42 Å². The van der Waals surface area contributed by atoms with Gasteiger partial charge in [0.2, 0.25) is 5.89 Å². The van der Waals surface area contributed by atoms with Gasteiger partial charge in [-0.25, -0.2) is 9.37 Å². The van der Waals surface area contributed by atoms with Crippen molar-refractivity contribution in [3.63, 3.8) is 0 Å². The molecule has 3 aromatic rings. The van der Waals surface area contributed by atoms with Gasteiger partial charge >= 0.3 is 0 Å². The zero-order valence-electron chi connectivity index (χ0n) is 10.7. The fraction of sp³-hybridized carbons (Fsp3) is 0.267. The van der Waals surface area contributed by atoms with E-state index in [-0.39, 0.29) is 5.82 Å². The smallest absolute Gasteiger partial charge is 0.208 e. The van der Waals surface area contributed by atoms with Gasteiger partial charge in [0.05, 0.1) is 17.6 Å². The largest absolute Gasteiger partial charge is 0.438 e. The van der Waals surface area contributed by atoms with Crippen molar-refractivity contribution in [2.75, 3.05) is 0 Å². The molecular formula is C15H13FN2OS. The van der Waals surface area contributed by atoms with Gasteiger partial charge in [-0.15, -0.1) is 11.3 Å². The summed E-state index contributed by atoms with van der Waals surface area (Å²) in [4.78, 5) is 5.27. The lowest BCUT2D eigenvalue weighted by molar-refractivity contribution is 0.477. The molecule has 2 aromatic heterocycles. The normalized spacial score (nSPS) is 15.1. The Labute approximate surface area is 119 Å². The van der Waals surface area contributed by atoms with Crippen LogP contribution >= 0.6 is 11.3 Å². The first kappa shape index (κ1) is 12.1. The topological polar surface area (TPSA) is 38.1 Å². The quantitative estimate of drug-likeness (QED) is 0.790. The third-order valence-corrected chi connectivity index (χ3v) is 4.51. The van der Waals surface area contributed by atoms with Crippen molar-refractivity contribution in [2.24, 2.45) is 0 Å². The van der Waals surface area contributed by atoms with Crippen LogP contribution in [0.1, 0.15) is 18.7 Å². The molecule has 0 radical (unpaired) electrons. The molecule has 3 nitrogen and oxygen atoms in total. The fourth-order valence-electron chi connectivity index (χ4n) is 2.15. The lowest BCUT2D eigenvalue weighted by atomic mass is 10.2. The van der Waals surface area contributed by atoms with Gasteiger partial charge in [0.1, 0.15) is 5.82 Å². The standard InChI is InChI=1S/C15H13FN2OS/c16-10-2-1-9-5-14(20-13(9)6-10)12-7-18-15(19-12)8-17-11-3-4-11/h1-2,5-7,11,17H,3-4,8H2. The molecule has 1 fully saturated rings. The van der Waals surface area contributed by atoms with Crippen LogP contribution in [-0.4, -0.2) is 11.0 Å². The van der Waals surface area contributed by atoms with E-state index in [9.17, 15) is 4.39 Å². The van der Waals surface area contributed by atoms with Crippen LogP contribution in [0.15, 0.2) is 34.9 Å². The molecule has 0 atom stereocenters. The van der Waals surface area contributed by atoms with Gasteiger partial charge in [-0.05, 0) is 36.4 Å². The molecule has 20 heavy (non-hydrogen) atoms. The first-order valence-corrected chi connectivity index (χ1v) is 7.47. The predicted molar refractivity (Wildman–Crippen MR) is 77.1 cm³/mol. The molecule has 0 unspecified atom stereocenters. The number of hydrogen-bond donors (Lipinski definition) is 1. The second kappa shape index (κ2) is 4.68. The van der Waals surface area contributed by atoms with E-state index in [0.29, 0.717) is 18.5 Å². The molecule has 0 aliphatic heterocycles. The molecule has 1 aliphatic carbocycles. The number of fused-ring (bicyclic) bond motifs is 1. The van der Waals surface area contributed by atoms with Gasteiger partial charge in [0, 0.05) is 10.7 Å². The van der Waals surface area contributed by atoms with Gasteiger partial charge in [0.25, 0.3) is 0 Å². The van der Waals surface area contributed by atoms with E-state index in [2.05, 4.69) is 10.3 Å². The molecule has 4 rings (SSSR count). The first-order valence-electron chi connectivity index (χ1n) is 6.65. The maximum atomic E-state index is 13.2. The van der Waals surface area contributed by atoms with Crippen molar-refractivity contribution in [1.29, 1.82) is 0 Å². The molecular weight excluding hydrogens is 275 g/mol. The molecule has 1 N–H and O–H groups in total. The number of thiophene rings is 1. The van der Waals surface area contributed by atoms with Crippen LogP contribution in [0.4, 0.5) is 4.39 Å². The van der Waals surface area contributed by atoms with Gasteiger partial charge in [-0.2, -0.15) is 0 Å². The summed E-state index contributed by atoms with van der Waals surface area (Å²) in [6.45, 7) is 0.671. The van der Waals surface area contributed by atoms with Crippen LogP contribution in [0.5, 0.6) is 0 Å². The Morgan fingerprint density at radius 2 is 2.25 bits per heavy atom. The van der Waals surface area contributed by atoms with E-state index in [1.807, 2.05) is 6.07 Å². The van der Waals surface area contributed by atoms with Gasteiger partial charge < -0.3 is 9.73 Å². The minimum absolute atomic E-state index is 0.210. The van der Waals surface area contributed by atoms with Crippen LogP contribution < -0.4 is 5.32 Å². The first-order chi connectivity index (χ1) is 9.78. The maximum Gasteiger partial charge on any atom is 0.208 e. The molecule has 0 spiro atoms. The summed E-state index contributed by atoms with van der Waals surface area (Å²) in [6, 6.07) is 7.46. The molecule has 0 amide bonds. The van der Waals surface area contributed by atoms with E-state index in [0.717, 1.165) is 20.7 Å². The Hall–Kier alpha value is -1.72. The summed E-state index contributed by atoms with van der Waals surface area (Å²) in [6.07, 6.45) is 4.23. The molecule has 1 aliphatic rings. The minimum atomic E-state index is -0.210. The van der Waals surface area contributed by atoms with Crippen LogP contribution in [0.25, 0.3) is 20.7 Å². The lowest BCUT2D eigenvalue weighted by Crippen LogP contribution is -2.15. The summed E-state index contributed by atoms with van der Waals surface area (Å²) in [5, 5.41) is 4.40. The minimum Gasteiger partial charge on any atom is -0.438 e. The summed E-state index contributed by atoms with van der Waals surface area (Å²) in [5.74, 6) is 1.24. The Balaban J connectivity index is 1.60. The number of aromatic nitrogens is 1. The highest BCUT2D eigenvalue weighted by Gasteiger charge is 2.21. The molecule has 0 bridgehead atoms. The molecule has 2 heterocycles. The Morgan fingerprint density at radius 3 is 3.10 bits per heavy atom. The third kappa shape index (κ3) is 2.34. The van der Waals surface area contributed by atoms with Gasteiger partial charge in [-0.3, -0.25) is 0 Å². The van der Waals surface area contributed by atoms with Crippen molar-refractivity contribution >= 4 is 21.4 Å². The summed E-state index contributed by atoms with van der Waals surface area (Å²) >= 11 is 1.52. The number of nitrogens with zero attached hydrogens (tertiary/aromatic N) is 1. The average molecular weight is 288 g/mol. The van der Waals surface area contributed by atoms with E-state index < -0.39 is 0 Å². The van der Waals surface area contributed by atoms with Gasteiger partial charge in [0.15, 0.2) is 5.76 Å². The summed E-state index contributed by atoms with van der Waals surface area (Å²) in [7, 11) is 0. The monoisotopic (exact) mass is 288 g/mol. The van der Waals surface area contributed by atoms with Crippen LogP contribution in [0, 0.1) is 5.82 Å². The molecule has 1 saturated carbocycles. The van der Waals surface area contributed by atoms with Crippen LogP contribution in [-0.2, 0) is 6.54 Å². The van der Waals surface area contributed by atoms with E-state index in [1.54, 1.807) is 18.3 Å². The third-order valence-electron chi connectivity index (χ3n) is 3.40. The Bertz CT molecular complexity index is 760. The van der Waals surface area contributed by atoms with Crippen molar-refractivity contribution < 1.29 is 8.81 Å². The molecule has 5 heteroatoms. The number of rotatable bonds is 4. The highest BCUT2D eigenvalue weighted by Crippen LogP contribution is 2.34. The summed E-state index contributed by atoms with van der Waals surface area (Å²) in [5.41, 5.74) is 0. The highest BCUT2D eigenvalue weighted by molar-refractivity contribution is 7.22. The fourth-order valence-corrected chi connectivity index (χ4v) is 3.19. The van der Waals surface area contributed by atoms with E-state index >= 15 is 0 Å². The molecule has 102 valence electrons. The van der Waals surface area contributed by atoms with Crippen LogP contribution in [0.3, 0.4) is 0 Å². The second-order valence-corrected chi connectivity index (χ2v) is 6.15. The zero-order valence-corrected chi connectivity index (χ0v) is 11.5. The van der Waals surface area contributed by atoms with Gasteiger partial charge in [-0.1, -0.05) is 6.07 Å². The molecule has 0 saturated heterocycles. The number of halogens is 1. The second-order valence-electron chi connectivity index (χ2n) is 5.07. The maximum absolute atomic E-state index is 13.2. The Morgan fingerprint density at radius 1 is 1.35 bits per heavy atom. The lowest BCUT2D eigenvalue weighted by Gasteiger charge is -1.96. The Kier molecular flexibility index (Phi) is 2.82. The number of nitrogens with one attached hydrogen (secondary N) is 1. The predicted octanol–water partition coefficient (Wildman–Crippen LogP) is 3.95. The van der Waals surface area contributed by atoms with E-state index in [1.165, 1.54) is 30.2 Å². The number of hydrogen-bond acceptors (Lipinski definition) is 4.